The maximum Gasteiger partial charge on any atom is 0.226 e. The molecule has 1 aromatic carbocycles. The number of nitrogens with one attached hydrogen (secondary N) is 1. The Balaban J connectivity index is 2.00. The molecule has 0 aliphatic rings. The van der Waals surface area contributed by atoms with Gasteiger partial charge in [-0.25, -0.2) is 4.98 Å². The van der Waals surface area contributed by atoms with Crippen LogP contribution in [0.3, 0.4) is 0 Å². The van der Waals surface area contributed by atoms with Gasteiger partial charge in [0.2, 0.25) is 5.91 Å². The van der Waals surface area contributed by atoms with Gasteiger partial charge in [-0.2, -0.15) is 0 Å². The summed E-state index contributed by atoms with van der Waals surface area (Å²) in [6.07, 6.45) is 3.62. The van der Waals surface area contributed by atoms with Crippen LogP contribution in [0.4, 0.5) is 5.13 Å². The van der Waals surface area contributed by atoms with Crippen molar-refractivity contribution in [1.29, 1.82) is 0 Å². The van der Waals surface area contributed by atoms with Gasteiger partial charge in [0.05, 0.1) is 15.7 Å². The average molecular weight is 343 g/mol. The number of benzene rings is 1. The van der Waals surface area contributed by atoms with Crippen LogP contribution in [-0.2, 0) is 4.79 Å². The number of amides is 1. The van der Waals surface area contributed by atoms with E-state index in [1.807, 2.05) is 11.4 Å². The molecule has 0 bridgehead atoms. The van der Waals surface area contributed by atoms with E-state index in [1.165, 1.54) is 11.3 Å². The van der Waals surface area contributed by atoms with Crippen LogP contribution in [0.5, 0.6) is 0 Å². The third-order valence-electron chi connectivity index (χ3n) is 2.97. The van der Waals surface area contributed by atoms with E-state index in [-0.39, 0.29) is 5.91 Å². The summed E-state index contributed by atoms with van der Waals surface area (Å²) in [6.45, 7) is 2.11. The van der Waals surface area contributed by atoms with Crippen LogP contribution in [0.2, 0.25) is 10.0 Å². The molecule has 1 heterocycles. The first kappa shape index (κ1) is 16.3. The number of nitrogens with zero attached hydrogens (tertiary/aromatic N) is 1. The van der Waals surface area contributed by atoms with Crippen LogP contribution in [0.15, 0.2) is 23.6 Å². The normalized spacial score (nSPS) is 10.6. The lowest BCUT2D eigenvalue weighted by Crippen LogP contribution is -2.10. The first-order valence-corrected chi connectivity index (χ1v) is 8.44. The minimum absolute atomic E-state index is 0.0125. The number of rotatable bonds is 6. The Morgan fingerprint density at radius 1 is 1.29 bits per heavy atom. The van der Waals surface area contributed by atoms with Crippen molar-refractivity contribution in [1.82, 2.24) is 4.98 Å². The number of unbranched alkanes of at least 4 members (excludes halogenated alkanes) is 2. The molecule has 0 saturated heterocycles. The highest BCUT2D eigenvalue weighted by atomic mass is 35.5. The lowest BCUT2D eigenvalue weighted by atomic mass is 10.2. The van der Waals surface area contributed by atoms with Crippen LogP contribution >= 0.6 is 34.5 Å². The Kier molecular flexibility index (Phi) is 6.03. The lowest BCUT2D eigenvalue weighted by Gasteiger charge is -2.01. The highest BCUT2D eigenvalue weighted by Gasteiger charge is 2.09. The standard InChI is InChI=1S/C15H16Cl2N2OS/c1-2-3-4-5-14(20)19-15-18-13(9-21-15)10-6-7-11(16)12(17)8-10/h6-9H,2-5H2,1H3,(H,18,19,20). The van der Waals surface area contributed by atoms with Crippen LogP contribution in [0.1, 0.15) is 32.6 Å². The molecule has 2 aromatic rings. The Morgan fingerprint density at radius 2 is 2.10 bits per heavy atom. The molecule has 112 valence electrons. The number of halogens is 2. The van der Waals surface area contributed by atoms with Gasteiger partial charge in [-0.3, -0.25) is 4.79 Å². The maximum absolute atomic E-state index is 11.7. The summed E-state index contributed by atoms with van der Waals surface area (Å²) in [4.78, 5) is 16.2. The minimum atomic E-state index is 0.0125. The molecule has 0 saturated carbocycles. The summed E-state index contributed by atoms with van der Waals surface area (Å²) >= 11 is 13.3. The molecule has 1 N–H and O–H groups in total. The number of carbonyl (C=O) groups is 1. The zero-order chi connectivity index (χ0) is 15.2. The van der Waals surface area contributed by atoms with Crippen molar-refractivity contribution < 1.29 is 4.79 Å². The van der Waals surface area contributed by atoms with Gasteiger partial charge in [0.15, 0.2) is 5.13 Å². The summed E-state index contributed by atoms with van der Waals surface area (Å²) in [5, 5.41) is 6.33. The number of hydrogen-bond donors (Lipinski definition) is 1. The second kappa shape index (κ2) is 7.78. The Morgan fingerprint density at radius 3 is 2.81 bits per heavy atom. The molecule has 6 heteroatoms. The second-order valence-electron chi connectivity index (χ2n) is 4.67. The van der Waals surface area contributed by atoms with Crippen molar-refractivity contribution in [3.63, 3.8) is 0 Å². The first-order chi connectivity index (χ1) is 10.1. The molecule has 0 fully saturated rings. The third-order valence-corrected chi connectivity index (χ3v) is 4.47. The van der Waals surface area contributed by atoms with Crippen LogP contribution in [0, 0.1) is 0 Å². The first-order valence-electron chi connectivity index (χ1n) is 6.81. The molecule has 0 spiro atoms. The molecule has 0 radical (unpaired) electrons. The molecule has 0 aliphatic heterocycles. The zero-order valence-electron chi connectivity index (χ0n) is 11.7. The average Bonchev–Trinajstić information content (AvgIpc) is 2.90. The molecule has 1 aromatic heterocycles. The fourth-order valence-corrected chi connectivity index (χ4v) is 2.87. The molecule has 0 atom stereocenters. The lowest BCUT2D eigenvalue weighted by molar-refractivity contribution is -0.116. The number of aromatic nitrogens is 1. The van der Waals surface area contributed by atoms with Gasteiger partial charge in [-0.05, 0) is 18.6 Å². The maximum atomic E-state index is 11.7. The van der Waals surface area contributed by atoms with Crippen LogP contribution in [-0.4, -0.2) is 10.9 Å². The van der Waals surface area contributed by atoms with E-state index in [0.29, 0.717) is 21.6 Å². The third kappa shape index (κ3) is 4.70. The Bertz CT molecular complexity index is 628. The molecule has 2 rings (SSSR count). The van der Waals surface area contributed by atoms with Crippen molar-refractivity contribution in [3.8, 4) is 11.3 Å². The predicted octanol–water partition coefficient (Wildman–Crippen LogP) is 5.64. The van der Waals surface area contributed by atoms with Crippen LogP contribution in [0.25, 0.3) is 11.3 Å². The van der Waals surface area contributed by atoms with Crippen LogP contribution < -0.4 is 5.32 Å². The topological polar surface area (TPSA) is 42.0 Å². The Labute approximate surface area is 138 Å². The minimum Gasteiger partial charge on any atom is -0.302 e. The van der Waals surface area contributed by atoms with E-state index in [9.17, 15) is 4.79 Å². The van der Waals surface area contributed by atoms with Gasteiger partial charge in [-0.1, -0.05) is 49.0 Å². The summed E-state index contributed by atoms with van der Waals surface area (Å²) in [5.41, 5.74) is 1.66. The van der Waals surface area contributed by atoms with E-state index >= 15 is 0 Å². The van der Waals surface area contributed by atoms with E-state index < -0.39 is 0 Å². The summed E-state index contributed by atoms with van der Waals surface area (Å²) in [6, 6.07) is 5.36. The molecular formula is C15H16Cl2N2OS. The number of thiazole rings is 1. The van der Waals surface area contributed by atoms with Gasteiger partial charge in [0, 0.05) is 17.4 Å². The van der Waals surface area contributed by atoms with Gasteiger partial charge in [0.25, 0.3) is 0 Å². The summed E-state index contributed by atoms with van der Waals surface area (Å²) in [5.74, 6) is 0.0125. The van der Waals surface area contributed by atoms with Crippen molar-refractivity contribution in [3.05, 3.63) is 33.6 Å². The molecule has 0 unspecified atom stereocenters. The van der Waals surface area contributed by atoms with Gasteiger partial charge in [0.1, 0.15) is 0 Å². The zero-order valence-corrected chi connectivity index (χ0v) is 14.0. The number of carbonyl (C=O) groups excluding carboxylic acids is 1. The van der Waals surface area contributed by atoms with E-state index in [0.717, 1.165) is 30.5 Å². The summed E-state index contributed by atoms with van der Waals surface area (Å²) < 4.78 is 0. The van der Waals surface area contributed by atoms with E-state index in [2.05, 4.69) is 17.2 Å². The number of anilines is 1. The molecule has 0 aliphatic carbocycles. The van der Waals surface area contributed by atoms with E-state index in [4.69, 9.17) is 23.2 Å². The quantitative estimate of drug-likeness (QED) is 0.690. The smallest absolute Gasteiger partial charge is 0.226 e. The highest BCUT2D eigenvalue weighted by Crippen LogP contribution is 2.30. The number of hydrogen-bond acceptors (Lipinski definition) is 3. The molecule has 1 amide bonds. The predicted molar refractivity (Wildman–Crippen MR) is 90.3 cm³/mol. The monoisotopic (exact) mass is 342 g/mol. The molecular weight excluding hydrogens is 327 g/mol. The highest BCUT2D eigenvalue weighted by molar-refractivity contribution is 7.14. The fraction of sp³-hybridized carbons (Fsp3) is 0.333. The van der Waals surface area contributed by atoms with Gasteiger partial charge < -0.3 is 5.32 Å². The second-order valence-corrected chi connectivity index (χ2v) is 6.34. The van der Waals surface area contributed by atoms with Crippen molar-refractivity contribution in [2.75, 3.05) is 5.32 Å². The van der Waals surface area contributed by atoms with Crippen molar-refractivity contribution in [2.45, 2.75) is 32.6 Å². The Hall–Kier alpha value is -1.10. The fourth-order valence-electron chi connectivity index (χ4n) is 1.84. The van der Waals surface area contributed by atoms with Gasteiger partial charge in [-0.15, -0.1) is 11.3 Å². The summed E-state index contributed by atoms with van der Waals surface area (Å²) in [7, 11) is 0. The molecule has 3 nitrogen and oxygen atoms in total. The van der Waals surface area contributed by atoms with Crippen molar-refractivity contribution >= 4 is 45.6 Å². The van der Waals surface area contributed by atoms with Crippen molar-refractivity contribution in [2.24, 2.45) is 0 Å². The van der Waals surface area contributed by atoms with E-state index in [1.54, 1.807) is 12.1 Å². The molecule has 21 heavy (non-hydrogen) atoms. The van der Waals surface area contributed by atoms with Gasteiger partial charge >= 0.3 is 0 Å². The SMILES string of the molecule is CCCCCC(=O)Nc1nc(-c2ccc(Cl)c(Cl)c2)cs1. The largest absolute Gasteiger partial charge is 0.302 e.